The Bertz CT molecular complexity index is 523. The summed E-state index contributed by atoms with van der Waals surface area (Å²) < 4.78 is 5.41. The molecule has 2 aliphatic rings. The number of aryl methyl sites for hydroxylation is 2. The van der Waals surface area contributed by atoms with E-state index >= 15 is 0 Å². The lowest BCUT2D eigenvalue weighted by molar-refractivity contribution is -0.121. The molecule has 0 aromatic carbocycles. The van der Waals surface area contributed by atoms with Crippen LogP contribution in [0.5, 0.6) is 0 Å². The van der Waals surface area contributed by atoms with Crippen LogP contribution in [0.3, 0.4) is 0 Å². The van der Waals surface area contributed by atoms with Crippen molar-refractivity contribution >= 4 is 17.4 Å². The maximum atomic E-state index is 12.3. The molecule has 3 rings (SSSR count). The third-order valence-corrected chi connectivity index (χ3v) is 3.80. The number of rotatable bonds is 0. The molecular weight excluding hydrogens is 232 g/mol. The van der Waals surface area contributed by atoms with Crippen LogP contribution < -0.4 is 10.2 Å². The summed E-state index contributed by atoms with van der Waals surface area (Å²) >= 11 is 0. The lowest BCUT2D eigenvalue weighted by Crippen LogP contribution is -2.59. The first-order valence-corrected chi connectivity index (χ1v) is 6.03. The third-order valence-electron chi connectivity index (χ3n) is 3.80. The molecule has 6 nitrogen and oxygen atoms in total. The van der Waals surface area contributed by atoms with Crippen molar-refractivity contribution in [1.29, 1.82) is 0 Å². The lowest BCUT2D eigenvalue weighted by Gasteiger charge is -2.41. The second kappa shape index (κ2) is 3.65. The zero-order valence-electron chi connectivity index (χ0n) is 10.8. The Hall–Kier alpha value is -1.69. The fraction of sp³-hybridized carbons (Fsp3) is 0.583. The minimum atomic E-state index is -0.611. The third kappa shape index (κ3) is 1.35. The van der Waals surface area contributed by atoms with Crippen LogP contribution in [0.2, 0.25) is 0 Å². The standard InChI is InChI=1S/C12H16N4O2/c1-7-9-10(14-8(2)13-7)16(3)12(11(17)15-9)4-5-18-6-12/h4-6H2,1-3H3,(H,15,17)/t12-/m0/s1. The highest BCUT2D eigenvalue weighted by Gasteiger charge is 2.50. The number of carbonyl (C=O) groups excluding carboxylic acids is 1. The molecule has 0 unspecified atom stereocenters. The van der Waals surface area contributed by atoms with Crippen LogP contribution in [0.25, 0.3) is 0 Å². The average molecular weight is 248 g/mol. The molecule has 96 valence electrons. The molecule has 6 heteroatoms. The van der Waals surface area contributed by atoms with E-state index < -0.39 is 5.54 Å². The number of ether oxygens (including phenoxy) is 1. The van der Waals surface area contributed by atoms with Crippen molar-refractivity contribution in [3.8, 4) is 0 Å². The minimum absolute atomic E-state index is 0.0226. The van der Waals surface area contributed by atoms with Gasteiger partial charge in [-0.05, 0) is 13.8 Å². The van der Waals surface area contributed by atoms with E-state index in [9.17, 15) is 4.79 Å². The average Bonchev–Trinajstić information content (AvgIpc) is 2.79. The normalized spacial score (nSPS) is 26.4. The van der Waals surface area contributed by atoms with Crippen LogP contribution >= 0.6 is 0 Å². The van der Waals surface area contributed by atoms with E-state index in [1.807, 2.05) is 25.8 Å². The van der Waals surface area contributed by atoms with Gasteiger partial charge in [0.25, 0.3) is 5.91 Å². The van der Waals surface area contributed by atoms with E-state index in [2.05, 4.69) is 15.3 Å². The van der Waals surface area contributed by atoms with Gasteiger partial charge in [-0.15, -0.1) is 0 Å². The first-order valence-electron chi connectivity index (χ1n) is 6.03. The van der Waals surface area contributed by atoms with Crippen LogP contribution in [-0.4, -0.2) is 41.7 Å². The lowest BCUT2D eigenvalue weighted by atomic mass is 9.93. The zero-order valence-corrected chi connectivity index (χ0v) is 10.8. The number of fused-ring (bicyclic) bond motifs is 1. The fourth-order valence-corrected chi connectivity index (χ4v) is 2.67. The molecule has 0 aliphatic carbocycles. The number of aromatic nitrogens is 2. The molecule has 3 heterocycles. The second-order valence-corrected chi connectivity index (χ2v) is 4.90. The molecule has 1 fully saturated rings. The van der Waals surface area contributed by atoms with Crippen molar-refractivity contribution in [3.05, 3.63) is 11.5 Å². The number of nitrogens with one attached hydrogen (secondary N) is 1. The first-order chi connectivity index (χ1) is 8.54. The number of hydrogen-bond donors (Lipinski definition) is 1. The van der Waals surface area contributed by atoms with E-state index in [0.717, 1.165) is 11.5 Å². The summed E-state index contributed by atoms with van der Waals surface area (Å²) in [5.74, 6) is 1.47. The molecule has 1 saturated heterocycles. The predicted octanol–water partition coefficient (Wildman–Crippen LogP) is 0.641. The summed E-state index contributed by atoms with van der Waals surface area (Å²) in [5, 5.41) is 2.93. The topological polar surface area (TPSA) is 67.3 Å². The Morgan fingerprint density at radius 3 is 2.83 bits per heavy atom. The highest BCUT2D eigenvalue weighted by atomic mass is 16.5. The monoisotopic (exact) mass is 248 g/mol. The van der Waals surface area contributed by atoms with Crippen LogP contribution in [0.1, 0.15) is 17.9 Å². The van der Waals surface area contributed by atoms with Gasteiger partial charge in [-0.25, -0.2) is 9.97 Å². The van der Waals surface area contributed by atoms with Crippen molar-refractivity contribution in [2.45, 2.75) is 25.8 Å². The zero-order chi connectivity index (χ0) is 12.9. The van der Waals surface area contributed by atoms with Gasteiger partial charge < -0.3 is 15.0 Å². The SMILES string of the molecule is Cc1nc(C)c2c(n1)N(C)[C@]1(CCOC1)C(=O)N2. The number of amides is 1. The van der Waals surface area contributed by atoms with Crippen molar-refractivity contribution in [2.24, 2.45) is 0 Å². The second-order valence-electron chi connectivity index (χ2n) is 4.90. The molecule has 0 radical (unpaired) electrons. The quantitative estimate of drug-likeness (QED) is 0.730. The minimum Gasteiger partial charge on any atom is -0.378 e. The summed E-state index contributed by atoms with van der Waals surface area (Å²) in [6.45, 7) is 4.76. The molecule has 1 atom stereocenters. The molecule has 1 N–H and O–H groups in total. The summed E-state index contributed by atoms with van der Waals surface area (Å²) in [4.78, 5) is 23.0. The van der Waals surface area contributed by atoms with E-state index in [-0.39, 0.29) is 5.91 Å². The molecule has 0 bridgehead atoms. The Balaban J connectivity index is 2.16. The number of anilines is 2. The van der Waals surface area contributed by atoms with Crippen molar-refractivity contribution in [3.63, 3.8) is 0 Å². The van der Waals surface area contributed by atoms with Gasteiger partial charge in [-0.2, -0.15) is 0 Å². The van der Waals surface area contributed by atoms with Crippen molar-refractivity contribution in [1.82, 2.24) is 9.97 Å². The van der Waals surface area contributed by atoms with E-state index in [1.165, 1.54) is 0 Å². The molecule has 1 aromatic heterocycles. The summed E-state index contributed by atoms with van der Waals surface area (Å²) in [7, 11) is 1.90. The molecule has 2 aliphatic heterocycles. The fourth-order valence-electron chi connectivity index (χ4n) is 2.67. The molecular formula is C12H16N4O2. The molecule has 1 spiro atoms. The van der Waals surface area contributed by atoms with Crippen LogP contribution in [-0.2, 0) is 9.53 Å². The van der Waals surface area contributed by atoms with Crippen LogP contribution in [0.15, 0.2) is 0 Å². The molecule has 1 aromatic rings. The highest BCUT2D eigenvalue weighted by molar-refractivity contribution is 6.06. The Kier molecular flexibility index (Phi) is 2.31. The summed E-state index contributed by atoms with van der Waals surface area (Å²) in [6, 6.07) is 0. The van der Waals surface area contributed by atoms with E-state index in [0.29, 0.717) is 31.1 Å². The van der Waals surface area contributed by atoms with Gasteiger partial charge in [0.15, 0.2) is 5.82 Å². The van der Waals surface area contributed by atoms with Crippen molar-refractivity contribution in [2.75, 3.05) is 30.5 Å². The van der Waals surface area contributed by atoms with Gasteiger partial charge in [-0.3, -0.25) is 4.79 Å². The molecule has 18 heavy (non-hydrogen) atoms. The Labute approximate surface area is 105 Å². The predicted molar refractivity (Wildman–Crippen MR) is 66.7 cm³/mol. The summed E-state index contributed by atoms with van der Waals surface area (Å²) in [5.41, 5.74) is 0.900. The van der Waals surface area contributed by atoms with E-state index in [4.69, 9.17) is 4.74 Å². The number of nitrogens with zero attached hydrogens (tertiary/aromatic N) is 3. The van der Waals surface area contributed by atoms with Gasteiger partial charge in [0.2, 0.25) is 0 Å². The van der Waals surface area contributed by atoms with Gasteiger partial charge in [0.1, 0.15) is 17.1 Å². The van der Waals surface area contributed by atoms with E-state index in [1.54, 1.807) is 0 Å². The first kappa shape index (κ1) is 11.4. The maximum absolute atomic E-state index is 12.3. The highest BCUT2D eigenvalue weighted by Crippen LogP contribution is 2.39. The Morgan fingerprint density at radius 2 is 2.17 bits per heavy atom. The smallest absolute Gasteiger partial charge is 0.252 e. The number of hydrogen-bond acceptors (Lipinski definition) is 5. The maximum Gasteiger partial charge on any atom is 0.252 e. The Morgan fingerprint density at radius 1 is 1.39 bits per heavy atom. The van der Waals surface area contributed by atoms with Crippen molar-refractivity contribution < 1.29 is 9.53 Å². The van der Waals surface area contributed by atoms with Gasteiger partial charge in [0.05, 0.1) is 12.3 Å². The largest absolute Gasteiger partial charge is 0.378 e. The van der Waals surface area contributed by atoms with Gasteiger partial charge >= 0.3 is 0 Å². The van der Waals surface area contributed by atoms with Gasteiger partial charge in [-0.1, -0.05) is 0 Å². The summed E-state index contributed by atoms with van der Waals surface area (Å²) in [6.07, 6.45) is 0.691. The van der Waals surface area contributed by atoms with Gasteiger partial charge in [0, 0.05) is 20.1 Å². The van der Waals surface area contributed by atoms with Crippen LogP contribution in [0.4, 0.5) is 11.5 Å². The molecule has 1 amide bonds. The molecule has 0 saturated carbocycles. The number of carbonyl (C=O) groups is 1. The number of likely N-dealkylation sites (N-methyl/N-ethyl adjacent to an activating group) is 1. The van der Waals surface area contributed by atoms with Crippen LogP contribution in [0, 0.1) is 13.8 Å².